The van der Waals surface area contributed by atoms with Crippen molar-refractivity contribution in [2.24, 2.45) is 10.9 Å². The maximum absolute atomic E-state index is 9.76. The fourth-order valence-electron chi connectivity index (χ4n) is 2.67. The average molecular weight is 296 g/mol. The lowest BCUT2D eigenvalue weighted by atomic mass is 9.89. The van der Waals surface area contributed by atoms with Gasteiger partial charge < -0.3 is 5.11 Å². The Morgan fingerprint density at radius 2 is 2.24 bits per heavy atom. The molecule has 21 heavy (non-hydrogen) atoms. The number of phenols is 1. The van der Waals surface area contributed by atoms with Gasteiger partial charge in [0, 0.05) is 16.7 Å². The number of nitrogens with zero attached hydrogens (tertiary/aromatic N) is 2. The van der Waals surface area contributed by atoms with Crippen LogP contribution in [0.2, 0.25) is 0 Å². The van der Waals surface area contributed by atoms with Gasteiger partial charge in [0.1, 0.15) is 16.8 Å². The molecule has 3 rings (SSSR count). The number of phenolic OH excluding ortho intramolecular Hbond substituents is 1. The first kappa shape index (κ1) is 13.8. The Kier molecular flexibility index (Phi) is 3.76. The van der Waals surface area contributed by atoms with Gasteiger partial charge >= 0.3 is 0 Å². The van der Waals surface area contributed by atoms with E-state index < -0.39 is 0 Å². The van der Waals surface area contributed by atoms with E-state index in [2.05, 4.69) is 18.0 Å². The molecule has 1 aliphatic rings. The zero-order chi connectivity index (χ0) is 14.8. The third-order valence-corrected chi connectivity index (χ3v) is 5.02. The van der Waals surface area contributed by atoms with Gasteiger partial charge in [-0.05, 0) is 42.9 Å². The molecule has 1 aromatic heterocycles. The van der Waals surface area contributed by atoms with Crippen molar-refractivity contribution in [1.29, 1.82) is 5.26 Å². The Bertz CT molecular complexity index is 740. The number of hydrogen-bond donors (Lipinski definition) is 1. The number of rotatable bonds is 2. The summed E-state index contributed by atoms with van der Waals surface area (Å²) in [6.07, 6.45) is 4.79. The predicted octanol–water partition coefficient (Wildman–Crippen LogP) is 4.20. The zero-order valence-corrected chi connectivity index (χ0v) is 12.7. The summed E-state index contributed by atoms with van der Waals surface area (Å²) in [5.74, 6) is 0.882. The third-order valence-electron chi connectivity index (χ3n) is 3.86. The summed E-state index contributed by atoms with van der Waals surface area (Å²) in [6, 6.07) is 9.37. The van der Waals surface area contributed by atoms with Gasteiger partial charge in [0.2, 0.25) is 0 Å². The van der Waals surface area contributed by atoms with Gasteiger partial charge in [-0.3, -0.25) is 0 Å². The van der Waals surface area contributed by atoms with Crippen LogP contribution in [0.4, 0.5) is 5.00 Å². The molecule has 106 valence electrons. The lowest BCUT2D eigenvalue weighted by Gasteiger charge is -2.17. The molecule has 0 radical (unpaired) electrons. The first-order valence-corrected chi connectivity index (χ1v) is 7.87. The molecule has 0 fully saturated rings. The van der Waals surface area contributed by atoms with Crippen LogP contribution in [0, 0.1) is 17.2 Å². The van der Waals surface area contributed by atoms with E-state index in [1.807, 2.05) is 6.07 Å². The van der Waals surface area contributed by atoms with Crippen molar-refractivity contribution in [1.82, 2.24) is 0 Å². The van der Waals surface area contributed by atoms with Crippen molar-refractivity contribution in [3.8, 4) is 11.8 Å². The number of benzene rings is 1. The average Bonchev–Trinajstić information content (AvgIpc) is 2.82. The van der Waals surface area contributed by atoms with Gasteiger partial charge in [0.25, 0.3) is 0 Å². The molecule has 0 saturated carbocycles. The van der Waals surface area contributed by atoms with E-state index in [1.54, 1.807) is 35.8 Å². The molecule has 0 amide bonds. The molecule has 0 saturated heterocycles. The molecule has 2 aromatic rings. The van der Waals surface area contributed by atoms with Crippen LogP contribution < -0.4 is 0 Å². The molecule has 1 aromatic carbocycles. The quantitative estimate of drug-likeness (QED) is 0.844. The van der Waals surface area contributed by atoms with Crippen molar-refractivity contribution in [3.05, 3.63) is 45.8 Å². The van der Waals surface area contributed by atoms with Crippen molar-refractivity contribution in [2.45, 2.75) is 26.2 Å². The van der Waals surface area contributed by atoms with Gasteiger partial charge in [-0.2, -0.15) is 5.26 Å². The maximum atomic E-state index is 9.76. The highest BCUT2D eigenvalue weighted by molar-refractivity contribution is 7.16. The van der Waals surface area contributed by atoms with Crippen LogP contribution in [-0.2, 0) is 12.8 Å². The summed E-state index contributed by atoms with van der Waals surface area (Å²) in [7, 11) is 0. The zero-order valence-electron chi connectivity index (χ0n) is 11.8. The first-order valence-electron chi connectivity index (χ1n) is 7.05. The standard InChI is InChI=1S/C17H16N2OS/c1-11-6-7-13-14(9-18)17(21-16(13)8-11)19-10-12-4-2-3-5-15(12)20/h2-5,10-11,20H,6-8H2,1H3. The smallest absolute Gasteiger partial charge is 0.134 e. The second-order valence-corrected chi connectivity index (χ2v) is 6.54. The molecule has 0 bridgehead atoms. The van der Waals surface area contributed by atoms with Gasteiger partial charge in [-0.25, -0.2) is 4.99 Å². The molecule has 1 heterocycles. The summed E-state index contributed by atoms with van der Waals surface area (Å²) in [4.78, 5) is 5.75. The van der Waals surface area contributed by atoms with Crippen LogP contribution in [0.3, 0.4) is 0 Å². The van der Waals surface area contributed by atoms with Gasteiger partial charge in [0.05, 0.1) is 5.56 Å². The number of thiophene rings is 1. The lowest BCUT2D eigenvalue weighted by Crippen LogP contribution is -2.09. The van der Waals surface area contributed by atoms with Crippen molar-refractivity contribution in [3.63, 3.8) is 0 Å². The van der Waals surface area contributed by atoms with E-state index in [0.717, 1.165) is 24.3 Å². The Labute approximate surface area is 128 Å². The minimum atomic E-state index is 0.203. The highest BCUT2D eigenvalue weighted by atomic mass is 32.1. The third kappa shape index (κ3) is 2.70. The Morgan fingerprint density at radius 3 is 3.00 bits per heavy atom. The molecule has 1 aliphatic carbocycles. The second kappa shape index (κ2) is 5.71. The Hall–Kier alpha value is -2.12. The van der Waals surface area contributed by atoms with Crippen LogP contribution in [0.1, 0.15) is 34.9 Å². The SMILES string of the molecule is CC1CCc2c(sc(N=Cc3ccccc3O)c2C#N)C1. The summed E-state index contributed by atoms with van der Waals surface area (Å²) in [6.45, 7) is 2.25. The highest BCUT2D eigenvalue weighted by Gasteiger charge is 2.23. The number of nitriles is 1. The van der Waals surface area contributed by atoms with Crippen LogP contribution in [0.15, 0.2) is 29.3 Å². The molecular weight excluding hydrogens is 280 g/mol. The largest absolute Gasteiger partial charge is 0.507 e. The number of para-hydroxylation sites is 1. The van der Waals surface area contributed by atoms with E-state index in [1.165, 1.54) is 10.4 Å². The normalized spacial score (nSPS) is 17.6. The Balaban J connectivity index is 1.97. The first-order chi connectivity index (χ1) is 10.2. The second-order valence-electron chi connectivity index (χ2n) is 5.46. The lowest BCUT2D eigenvalue weighted by molar-refractivity contribution is 0.474. The molecule has 1 N–H and O–H groups in total. The fraction of sp³-hybridized carbons (Fsp3) is 0.294. The van der Waals surface area contributed by atoms with E-state index in [9.17, 15) is 10.4 Å². The molecule has 1 atom stereocenters. The van der Waals surface area contributed by atoms with Gasteiger partial charge in [0.15, 0.2) is 0 Å². The Morgan fingerprint density at radius 1 is 1.43 bits per heavy atom. The van der Waals surface area contributed by atoms with Crippen molar-refractivity contribution < 1.29 is 5.11 Å². The molecule has 0 spiro atoms. The van der Waals surface area contributed by atoms with Crippen LogP contribution in [0.25, 0.3) is 0 Å². The topological polar surface area (TPSA) is 56.4 Å². The molecule has 4 heteroatoms. The van der Waals surface area contributed by atoms with Gasteiger partial charge in [-0.1, -0.05) is 19.1 Å². The predicted molar refractivity (Wildman–Crippen MR) is 85.6 cm³/mol. The maximum Gasteiger partial charge on any atom is 0.134 e. The van der Waals surface area contributed by atoms with E-state index in [4.69, 9.17) is 0 Å². The van der Waals surface area contributed by atoms with E-state index in [0.29, 0.717) is 17.0 Å². The van der Waals surface area contributed by atoms with Crippen molar-refractivity contribution >= 4 is 22.6 Å². The molecule has 1 unspecified atom stereocenters. The van der Waals surface area contributed by atoms with Crippen LogP contribution >= 0.6 is 11.3 Å². The number of aliphatic imine (C=N–C) groups is 1. The van der Waals surface area contributed by atoms with E-state index in [-0.39, 0.29) is 5.75 Å². The fourth-order valence-corrected chi connectivity index (χ4v) is 3.97. The summed E-state index contributed by atoms with van der Waals surface area (Å²) >= 11 is 1.61. The monoisotopic (exact) mass is 296 g/mol. The van der Waals surface area contributed by atoms with Gasteiger partial charge in [-0.15, -0.1) is 11.3 Å². The number of aromatic hydroxyl groups is 1. The van der Waals surface area contributed by atoms with Crippen LogP contribution in [0.5, 0.6) is 5.75 Å². The summed E-state index contributed by atoms with van der Waals surface area (Å²) < 4.78 is 0. The molecule has 3 nitrogen and oxygen atoms in total. The molecule has 0 aliphatic heterocycles. The summed E-state index contributed by atoms with van der Waals surface area (Å²) in [5, 5.41) is 19.9. The minimum absolute atomic E-state index is 0.203. The minimum Gasteiger partial charge on any atom is -0.507 e. The number of fused-ring (bicyclic) bond motifs is 1. The highest BCUT2D eigenvalue weighted by Crippen LogP contribution is 2.40. The molecular formula is C17H16N2OS. The number of hydrogen-bond acceptors (Lipinski definition) is 4. The van der Waals surface area contributed by atoms with Crippen LogP contribution in [-0.4, -0.2) is 11.3 Å². The van der Waals surface area contributed by atoms with Crippen molar-refractivity contribution in [2.75, 3.05) is 0 Å². The summed E-state index contributed by atoms with van der Waals surface area (Å²) in [5.41, 5.74) is 2.57. The van der Waals surface area contributed by atoms with E-state index >= 15 is 0 Å².